The standard InChI is InChI=1S/C95H158O16P2/c1-4-7-10-13-16-19-22-25-28-31-34-36-38-40-42-43-44-45-47-49-50-52-55-57-60-63-66-69-72-75-78-81-93(98)105-84-90(96)85-107-112(101,102)108-86-91(97)87-109-113(103,104)110-89-92(111-95(100)83-80-77-74-71-68-65-62-59-54-33-30-27-24-21-18-15-12-9-6-3)88-106-94(99)82-79-76-73-70-67-64-61-58-56-53-51-48-46-41-39-37-35-32-29-26-23-20-17-14-11-8-5-2/h7-12,16-21,25-30,34-37,40-42,46,54,59,65,68,90-92,96-97H,4-6,13-15,22-24,31-33,38-39,43-45,47-53,55-58,60-64,66-67,69-89H2,1-3H3,(H,101,102)(H,103,104)/b10-7-,11-8-,12-9-,19-16-,20-17-,21-18-,28-25-,29-26-,30-27-,36-34-,37-35-,42-40-,46-41-,59-54-,68-65-. The summed E-state index contributed by atoms with van der Waals surface area (Å²) in [5.74, 6) is -1.62. The molecule has 0 fully saturated rings. The number of rotatable bonds is 82. The summed E-state index contributed by atoms with van der Waals surface area (Å²) < 4.78 is 61.4. The van der Waals surface area contributed by atoms with E-state index in [4.69, 9.17) is 32.3 Å². The van der Waals surface area contributed by atoms with Gasteiger partial charge in [0.25, 0.3) is 0 Å². The third-order valence-electron chi connectivity index (χ3n) is 18.1. The first kappa shape index (κ1) is 108. The number of esters is 3. The second-order valence-electron chi connectivity index (χ2n) is 28.9. The van der Waals surface area contributed by atoms with Gasteiger partial charge >= 0.3 is 33.6 Å². The van der Waals surface area contributed by atoms with Crippen LogP contribution in [0.1, 0.15) is 342 Å². The fourth-order valence-corrected chi connectivity index (χ4v) is 13.1. The average Bonchev–Trinajstić information content (AvgIpc) is 0.899. The normalized spacial score (nSPS) is 14.7. The van der Waals surface area contributed by atoms with E-state index in [0.717, 1.165) is 167 Å². The number of hydrogen-bond donors (Lipinski definition) is 4. The maximum Gasteiger partial charge on any atom is 0.472 e. The highest BCUT2D eigenvalue weighted by Crippen LogP contribution is 2.45. The zero-order valence-electron chi connectivity index (χ0n) is 70.7. The Bertz CT molecular complexity index is 2780. The number of unbranched alkanes of at least 4 members (excludes halogenated alkanes) is 29. The van der Waals surface area contributed by atoms with Crippen LogP contribution in [0, 0.1) is 0 Å². The fourth-order valence-electron chi connectivity index (χ4n) is 11.5. The number of phosphoric acid groups is 2. The molecule has 0 aromatic heterocycles. The Morgan fingerprint density at radius 1 is 0.248 bits per heavy atom. The van der Waals surface area contributed by atoms with Crippen molar-refractivity contribution in [3.8, 4) is 0 Å². The van der Waals surface area contributed by atoms with Crippen LogP contribution in [-0.4, -0.2) is 95.9 Å². The monoisotopic (exact) mass is 1620 g/mol. The van der Waals surface area contributed by atoms with Crippen LogP contribution < -0.4 is 0 Å². The van der Waals surface area contributed by atoms with Gasteiger partial charge in [0.2, 0.25) is 0 Å². The maximum atomic E-state index is 13.0. The molecule has 0 aliphatic heterocycles. The van der Waals surface area contributed by atoms with Crippen molar-refractivity contribution in [1.29, 1.82) is 0 Å². The van der Waals surface area contributed by atoms with Crippen molar-refractivity contribution in [2.45, 2.75) is 360 Å². The molecule has 4 N–H and O–H groups in total. The molecule has 0 aliphatic carbocycles. The number of hydrogen-bond acceptors (Lipinski definition) is 14. The molecule has 0 spiro atoms. The number of aliphatic hydroxyl groups excluding tert-OH is 2. The number of carbonyl (C=O) groups is 3. The van der Waals surface area contributed by atoms with Crippen molar-refractivity contribution >= 4 is 33.6 Å². The van der Waals surface area contributed by atoms with E-state index in [-0.39, 0.29) is 19.3 Å². The maximum absolute atomic E-state index is 13.0. The molecule has 0 aromatic rings. The molecule has 16 nitrogen and oxygen atoms in total. The van der Waals surface area contributed by atoms with E-state index in [9.17, 15) is 43.5 Å². The van der Waals surface area contributed by atoms with Gasteiger partial charge in [-0.25, -0.2) is 9.13 Å². The molecule has 0 rings (SSSR count). The second-order valence-corrected chi connectivity index (χ2v) is 31.8. The number of phosphoric ester groups is 2. The van der Waals surface area contributed by atoms with Crippen molar-refractivity contribution in [3.05, 3.63) is 182 Å². The van der Waals surface area contributed by atoms with Gasteiger partial charge in [0.1, 0.15) is 25.4 Å². The van der Waals surface area contributed by atoms with E-state index < -0.39 is 91.5 Å². The first-order valence-corrected chi connectivity index (χ1v) is 47.1. The SMILES string of the molecule is CC/C=C\C/C=C\C/C=C\C/C=C\C/C=C\CCCCCCCCCCCCCCCCCC(=O)OCC(O)COP(=O)(O)OCC(O)COP(=O)(O)OCC(COC(=O)CCCCCCCCCCCCC/C=C\C/C=C\C/C=C\C/C=C\C/C=C\CC)OC(=O)CCCCC/C=C\C/C=C\C/C=C\C/C=C\C/C=C\CC. The lowest BCUT2D eigenvalue weighted by Crippen LogP contribution is -2.30. The molecule has 0 aliphatic rings. The third-order valence-corrected chi connectivity index (χ3v) is 20.0. The number of allylic oxidation sites excluding steroid dienone is 30. The van der Waals surface area contributed by atoms with Crippen LogP contribution in [-0.2, 0) is 55.8 Å². The number of carbonyl (C=O) groups excluding carboxylic acids is 3. The highest BCUT2D eigenvalue weighted by molar-refractivity contribution is 7.47. The zero-order valence-corrected chi connectivity index (χ0v) is 72.5. The lowest BCUT2D eigenvalue weighted by molar-refractivity contribution is -0.161. The van der Waals surface area contributed by atoms with Crippen LogP contribution in [0.2, 0.25) is 0 Å². The Morgan fingerprint density at radius 3 is 0.708 bits per heavy atom. The van der Waals surface area contributed by atoms with E-state index >= 15 is 0 Å². The van der Waals surface area contributed by atoms with E-state index in [0.29, 0.717) is 19.3 Å². The minimum Gasteiger partial charge on any atom is -0.463 e. The van der Waals surface area contributed by atoms with Crippen LogP contribution >= 0.6 is 15.6 Å². The molecule has 18 heteroatoms. The van der Waals surface area contributed by atoms with E-state index in [1.807, 2.05) is 0 Å². The lowest BCUT2D eigenvalue weighted by atomic mass is 10.0. The summed E-state index contributed by atoms with van der Waals surface area (Å²) in [5, 5.41) is 20.7. The Hall–Kier alpha value is -5.35. The van der Waals surface area contributed by atoms with Crippen LogP contribution in [0.3, 0.4) is 0 Å². The van der Waals surface area contributed by atoms with Gasteiger partial charge in [0, 0.05) is 19.3 Å². The van der Waals surface area contributed by atoms with Crippen molar-refractivity contribution in [2.24, 2.45) is 0 Å². The molecule has 0 amide bonds. The van der Waals surface area contributed by atoms with Gasteiger partial charge < -0.3 is 34.2 Å². The van der Waals surface area contributed by atoms with Gasteiger partial charge in [-0.2, -0.15) is 0 Å². The summed E-state index contributed by atoms with van der Waals surface area (Å²) >= 11 is 0. The first-order valence-electron chi connectivity index (χ1n) is 44.1. The molecule has 113 heavy (non-hydrogen) atoms. The van der Waals surface area contributed by atoms with Crippen molar-refractivity contribution in [1.82, 2.24) is 0 Å². The van der Waals surface area contributed by atoms with Gasteiger partial charge in [0.15, 0.2) is 6.10 Å². The number of aliphatic hydroxyl groups is 2. The summed E-state index contributed by atoms with van der Waals surface area (Å²) in [4.78, 5) is 58.9. The molecular formula is C95H158O16P2. The van der Waals surface area contributed by atoms with E-state index in [1.54, 1.807) is 0 Å². The van der Waals surface area contributed by atoms with Gasteiger partial charge in [-0.3, -0.25) is 32.5 Å². The topological polar surface area (TPSA) is 231 Å². The van der Waals surface area contributed by atoms with Crippen LogP contribution in [0.4, 0.5) is 0 Å². The van der Waals surface area contributed by atoms with Gasteiger partial charge in [0.05, 0.1) is 26.4 Å². The second kappa shape index (κ2) is 86.0. The minimum absolute atomic E-state index is 0.0595. The highest BCUT2D eigenvalue weighted by atomic mass is 31.2. The van der Waals surface area contributed by atoms with Gasteiger partial charge in [-0.15, -0.1) is 0 Å². The van der Waals surface area contributed by atoms with Crippen LogP contribution in [0.15, 0.2) is 182 Å². The number of ether oxygens (including phenoxy) is 3. The molecule has 0 saturated heterocycles. The average molecular weight is 1620 g/mol. The summed E-state index contributed by atoms with van der Waals surface area (Å²) in [7, 11) is -9.82. The smallest absolute Gasteiger partial charge is 0.463 e. The summed E-state index contributed by atoms with van der Waals surface area (Å²) in [6.45, 7) is 2.32. The predicted octanol–water partition coefficient (Wildman–Crippen LogP) is 26.9. The molecule has 0 bridgehead atoms. The predicted molar refractivity (Wildman–Crippen MR) is 472 cm³/mol. The first-order chi connectivity index (χ1) is 55.2. The van der Waals surface area contributed by atoms with Crippen molar-refractivity contribution in [2.75, 3.05) is 39.6 Å². The van der Waals surface area contributed by atoms with Crippen molar-refractivity contribution in [3.63, 3.8) is 0 Å². The minimum atomic E-state index is -4.95. The Morgan fingerprint density at radius 2 is 0.442 bits per heavy atom. The van der Waals surface area contributed by atoms with Gasteiger partial charge in [-0.05, 0) is 154 Å². The Kier molecular flexibility index (Phi) is 81.9. The Labute approximate surface area is 687 Å². The molecule has 5 atom stereocenters. The molecule has 0 heterocycles. The zero-order chi connectivity index (χ0) is 82.2. The molecule has 0 saturated carbocycles. The molecule has 5 unspecified atom stereocenters. The van der Waals surface area contributed by atoms with Crippen molar-refractivity contribution < 1.29 is 75.8 Å². The fraction of sp³-hybridized carbons (Fsp3) is 0.653. The van der Waals surface area contributed by atoms with Crippen LogP contribution in [0.25, 0.3) is 0 Å². The quantitative estimate of drug-likeness (QED) is 0.0146. The largest absolute Gasteiger partial charge is 0.472 e. The van der Waals surface area contributed by atoms with E-state index in [2.05, 4.69) is 203 Å². The molecule has 0 aromatic carbocycles. The van der Waals surface area contributed by atoms with E-state index in [1.165, 1.54) is 116 Å². The summed E-state index contributed by atoms with van der Waals surface area (Å²) in [6, 6.07) is 0. The third kappa shape index (κ3) is 87.3. The summed E-state index contributed by atoms with van der Waals surface area (Å²) in [5.41, 5.74) is 0. The lowest BCUT2D eigenvalue weighted by Gasteiger charge is -2.21. The molecule has 0 radical (unpaired) electrons. The highest BCUT2D eigenvalue weighted by Gasteiger charge is 2.29. The van der Waals surface area contributed by atoms with Gasteiger partial charge in [-0.1, -0.05) is 351 Å². The molecule has 644 valence electrons. The molecular weight excluding hydrogens is 1460 g/mol. The summed E-state index contributed by atoms with van der Waals surface area (Å²) in [6.07, 6.45) is 112. The Balaban J connectivity index is 4.59. The van der Waals surface area contributed by atoms with Crippen LogP contribution in [0.5, 0.6) is 0 Å².